The van der Waals surface area contributed by atoms with Gasteiger partial charge in [0.1, 0.15) is 6.10 Å². The Morgan fingerprint density at radius 3 is 2.75 bits per heavy atom. The average Bonchev–Trinajstić information content (AvgIpc) is 3.01. The van der Waals surface area contributed by atoms with Crippen LogP contribution in [0.4, 0.5) is 0 Å². The maximum absolute atomic E-state index is 6.18. The highest BCUT2D eigenvalue weighted by atomic mass is 32.1. The van der Waals surface area contributed by atoms with Crippen LogP contribution in [0.25, 0.3) is 0 Å². The number of ether oxygens (including phenoxy) is 1. The summed E-state index contributed by atoms with van der Waals surface area (Å²) in [6.07, 6.45) is 6.63. The zero-order valence-corrected chi connectivity index (χ0v) is 12.7. The van der Waals surface area contributed by atoms with Crippen LogP contribution in [0.1, 0.15) is 36.3 Å². The van der Waals surface area contributed by atoms with E-state index in [-0.39, 0.29) is 12.1 Å². The van der Waals surface area contributed by atoms with Gasteiger partial charge in [-0.05, 0) is 48.4 Å². The van der Waals surface area contributed by atoms with Crippen molar-refractivity contribution in [1.29, 1.82) is 0 Å². The molecule has 0 bridgehead atoms. The monoisotopic (exact) mass is 290 g/mol. The lowest BCUT2D eigenvalue weighted by atomic mass is 10.1. The summed E-state index contributed by atoms with van der Waals surface area (Å²) in [5, 5.41) is 2.07. The molecule has 2 unspecified atom stereocenters. The van der Waals surface area contributed by atoms with Crippen LogP contribution in [0.2, 0.25) is 0 Å². The van der Waals surface area contributed by atoms with Gasteiger partial charge in [0.2, 0.25) is 0 Å². The fraction of sp³-hybridized carbons (Fsp3) is 0.438. The predicted octanol–water partition coefficient (Wildman–Crippen LogP) is 3.57. The summed E-state index contributed by atoms with van der Waals surface area (Å²) < 4.78 is 6.03. The first-order valence-electron chi connectivity index (χ1n) is 7.10. The minimum absolute atomic E-state index is 0.0254. The van der Waals surface area contributed by atoms with E-state index in [2.05, 4.69) is 41.6 Å². The molecule has 0 aliphatic rings. The Balaban J connectivity index is 1.81. The van der Waals surface area contributed by atoms with Crippen LogP contribution in [-0.2, 0) is 11.2 Å². The van der Waals surface area contributed by atoms with Crippen molar-refractivity contribution in [2.45, 2.75) is 38.3 Å². The minimum Gasteiger partial charge on any atom is -0.371 e. The second kappa shape index (κ2) is 8.15. The maximum Gasteiger partial charge on any atom is 0.107 e. The first-order chi connectivity index (χ1) is 9.81. The Hall–Kier alpha value is -1.23. The summed E-state index contributed by atoms with van der Waals surface area (Å²) in [5.41, 5.74) is 7.48. The van der Waals surface area contributed by atoms with Crippen molar-refractivity contribution in [3.63, 3.8) is 0 Å². The molecule has 2 aromatic rings. The van der Waals surface area contributed by atoms with Gasteiger partial charge in [-0.2, -0.15) is 0 Å². The van der Waals surface area contributed by atoms with E-state index in [1.54, 1.807) is 11.3 Å². The Bertz CT molecular complexity index is 472. The average molecular weight is 290 g/mol. The molecule has 20 heavy (non-hydrogen) atoms. The van der Waals surface area contributed by atoms with Crippen LogP contribution >= 0.6 is 11.3 Å². The molecule has 3 nitrogen and oxygen atoms in total. The molecule has 108 valence electrons. The summed E-state index contributed by atoms with van der Waals surface area (Å²) in [7, 11) is 0. The Morgan fingerprint density at radius 2 is 2.10 bits per heavy atom. The number of nitrogens with two attached hydrogens (primary N) is 1. The van der Waals surface area contributed by atoms with Crippen LogP contribution in [0.5, 0.6) is 0 Å². The number of nitrogens with zero attached hydrogens (tertiary/aromatic N) is 1. The lowest BCUT2D eigenvalue weighted by Gasteiger charge is -2.22. The van der Waals surface area contributed by atoms with Gasteiger partial charge in [-0.1, -0.05) is 13.0 Å². The molecule has 0 amide bonds. The Morgan fingerprint density at radius 1 is 1.30 bits per heavy atom. The number of hydrogen-bond acceptors (Lipinski definition) is 4. The van der Waals surface area contributed by atoms with Gasteiger partial charge in [-0.3, -0.25) is 4.98 Å². The highest BCUT2D eigenvalue weighted by Crippen LogP contribution is 2.26. The molecule has 2 N–H and O–H groups in total. The van der Waals surface area contributed by atoms with E-state index in [0.29, 0.717) is 0 Å². The number of thiophene rings is 1. The van der Waals surface area contributed by atoms with E-state index in [4.69, 9.17) is 10.5 Å². The fourth-order valence-corrected chi connectivity index (χ4v) is 2.97. The summed E-state index contributed by atoms with van der Waals surface area (Å²) in [6.45, 7) is 2.84. The van der Waals surface area contributed by atoms with E-state index < -0.39 is 0 Å². The van der Waals surface area contributed by atoms with Crippen molar-refractivity contribution >= 4 is 11.3 Å². The molecular weight excluding hydrogens is 268 g/mol. The van der Waals surface area contributed by atoms with Crippen molar-refractivity contribution < 1.29 is 4.74 Å². The second-order valence-corrected chi connectivity index (χ2v) is 5.82. The van der Waals surface area contributed by atoms with Crippen molar-refractivity contribution in [2.75, 3.05) is 6.61 Å². The van der Waals surface area contributed by atoms with Crippen LogP contribution in [0, 0.1) is 0 Å². The van der Waals surface area contributed by atoms with Crippen LogP contribution in [0.15, 0.2) is 42.0 Å². The molecule has 0 saturated heterocycles. The van der Waals surface area contributed by atoms with E-state index in [1.165, 1.54) is 10.4 Å². The van der Waals surface area contributed by atoms with Crippen molar-refractivity contribution in [2.24, 2.45) is 5.73 Å². The number of aromatic nitrogens is 1. The van der Waals surface area contributed by atoms with Crippen LogP contribution in [-0.4, -0.2) is 17.6 Å². The smallest absolute Gasteiger partial charge is 0.107 e. The van der Waals surface area contributed by atoms with Crippen molar-refractivity contribution in [3.05, 3.63) is 52.5 Å². The third kappa shape index (κ3) is 4.40. The van der Waals surface area contributed by atoms with Gasteiger partial charge in [0.05, 0.1) is 0 Å². The van der Waals surface area contributed by atoms with Gasteiger partial charge < -0.3 is 10.5 Å². The minimum atomic E-state index is 0.0254. The number of pyridine rings is 1. The molecule has 0 aliphatic carbocycles. The topological polar surface area (TPSA) is 48.1 Å². The van der Waals surface area contributed by atoms with Gasteiger partial charge in [0, 0.05) is 29.9 Å². The van der Waals surface area contributed by atoms with Crippen molar-refractivity contribution in [3.8, 4) is 0 Å². The lowest BCUT2D eigenvalue weighted by Crippen LogP contribution is -2.29. The molecule has 0 aromatic carbocycles. The fourth-order valence-electron chi connectivity index (χ4n) is 2.12. The second-order valence-electron chi connectivity index (χ2n) is 4.84. The largest absolute Gasteiger partial charge is 0.371 e. The van der Waals surface area contributed by atoms with E-state index in [9.17, 15) is 0 Å². The first-order valence-corrected chi connectivity index (χ1v) is 7.98. The van der Waals surface area contributed by atoms with Gasteiger partial charge in [-0.25, -0.2) is 0 Å². The predicted molar refractivity (Wildman–Crippen MR) is 83.8 cm³/mol. The summed E-state index contributed by atoms with van der Waals surface area (Å²) in [6, 6.07) is 8.32. The zero-order chi connectivity index (χ0) is 14.2. The number of hydrogen-bond donors (Lipinski definition) is 1. The molecule has 0 aliphatic heterocycles. The molecule has 0 fully saturated rings. The summed E-state index contributed by atoms with van der Waals surface area (Å²) in [5.74, 6) is 0. The maximum atomic E-state index is 6.18. The molecule has 0 spiro atoms. The Kier molecular flexibility index (Phi) is 6.18. The summed E-state index contributed by atoms with van der Waals surface area (Å²) in [4.78, 5) is 5.25. The van der Waals surface area contributed by atoms with Gasteiger partial charge in [0.15, 0.2) is 0 Å². The number of rotatable bonds is 8. The molecule has 2 aromatic heterocycles. The normalized spacial score (nSPS) is 14.1. The van der Waals surface area contributed by atoms with Crippen LogP contribution < -0.4 is 5.73 Å². The van der Waals surface area contributed by atoms with Gasteiger partial charge in [-0.15, -0.1) is 11.3 Å². The van der Waals surface area contributed by atoms with Gasteiger partial charge >= 0.3 is 0 Å². The quantitative estimate of drug-likeness (QED) is 0.756. The third-order valence-corrected chi connectivity index (χ3v) is 4.27. The molecule has 2 rings (SSSR count). The molecule has 4 heteroatoms. The lowest BCUT2D eigenvalue weighted by molar-refractivity contribution is 0.0346. The molecule has 0 radical (unpaired) electrons. The molecule has 2 heterocycles. The van der Waals surface area contributed by atoms with E-state index in [0.717, 1.165) is 25.9 Å². The number of aryl methyl sites for hydroxylation is 1. The van der Waals surface area contributed by atoms with Gasteiger partial charge in [0.25, 0.3) is 0 Å². The van der Waals surface area contributed by atoms with E-state index in [1.807, 2.05) is 12.4 Å². The third-order valence-electron chi connectivity index (χ3n) is 3.34. The van der Waals surface area contributed by atoms with Crippen molar-refractivity contribution in [1.82, 2.24) is 4.98 Å². The molecule has 0 saturated carbocycles. The highest BCUT2D eigenvalue weighted by molar-refractivity contribution is 7.10. The SMILES string of the molecule is CCC(N)C(OCCCc1ccncc1)c1cccs1. The van der Waals surface area contributed by atoms with Crippen LogP contribution in [0.3, 0.4) is 0 Å². The first kappa shape index (κ1) is 15.2. The summed E-state index contributed by atoms with van der Waals surface area (Å²) >= 11 is 1.72. The standard InChI is InChI=1S/C16H22N2OS/c1-2-14(17)16(15-6-4-12-20-15)19-11-3-5-13-7-9-18-10-8-13/h4,6-10,12,14,16H,2-3,5,11,17H2,1H3. The van der Waals surface area contributed by atoms with E-state index >= 15 is 0 Å². The Labute approximate surface area is 124 Å². The molecular formula is C16H22N2OS. The molecule has 2 atom stereocenters. The highest BCUT2D eigenvalue weighted by Gasteiger charge is 2.19. The zero-order valence-electron chi connectivity index (χ0n) is 11.9.